The maximum atomic E-state index is 13.3. The highest BCUT2D eigenvalue weighted by molar-refractivity contribution is 5.81. The van der Waals surface area contributed by atoms with Gasteiger partial charge in [-0.05, 0) is 63.1 Å². The van der Waals surface area contributed by atoms with E-state index in [1.165, 1.54) is 5.56 Å². The molecule has 0 N–H and O–H groups in total. The lowest BCUT2D eigenvalue weighted by atomic mass is 9.86. The van der Waals surface area contributed by atoms with Crippen LogP contribution in [0.3, 0.4) is 0 Å². The van der Waals surface area contributed by atoms with Gasteiger partial charge in [-0.2, -0.15) is 10.3 Å². The van der Waals surface area contributed by atoms with Gasteiger partial charge < -0.3 is 9.74 Å². The van der Waals surface area contributed by atoms with E-state index >= 15 is 0 Å². The second-order valence-electron chi connectivity index (χ2n) is 7.80. The Morgan fingerprint density at radius 2 is 1.85 bits per heavy atom. The molecule has 5 heteroatoms. The third-order valence-corrected chi connectivity index (χ3v) is 5.83. The molecular weight excluding hydrogens is 326 g/mol. The largest absolute Gasteiger partial charge is 0.321 e. The fourth-order valence-corrected chi connectivity index (χ4v) is 4.29. The molecule has 0 atom stereocenters. The van der Waals surface area contributed by atoms with Gasteiger partial charge in [0.1, 0.15) is 5.54 Å². The van der Waals surface area contributed by atoms with E-state index in [1.807, 2.05) is 9.96 Å². The number of nitriles is 1. The molecule has 1 amide bonds. The highest BCUT2D eigenvalue weighted by Crippen LogP contribution is 2.39. The predicted molar refractivity (Wildman–Crippen MR) is 100 cm³/mol. The summed E-state index contributed by atoms with van der Waals surface area (Å²) in [5.74, 6) is 0.0926. The van der Waals surface area contributed by atoms with Crippen LogP contribution in [-0.4, -0.2) is 47.7 Å². The lowest BCUT2D eigenvalue weighted by Crippen LogP contribution is -2.57. The number of amides is 1. The van der Waals surface area contributed by atoms with Gasteiger partial charge in [-0.1, -0.05) is 17.7 Å². The monoisotopic (exact) mass is 355 g/mol. The first-order chi connectivity index (χ1) is 12.4. The fraction of sp³-hybridized carbons (Fsp3) is 0.619. The molecule has 1 aliphatic carbocycles. The highest BCUT2D eigenvalue weighted by atomic mass is 16.7. The zero-order valence-electron chi connectivity index (χ0n) is 16.3. The van der Waals surface area contributed by atoms with Gasteiger partial charge in [-0.25, -0.2) is 0 Å². The van der Waals surface area contributed by atoms with E-state index in [-0.39, 0.29) is 11.9 Å². The summed E-state index contributed by atoms with van der Waals surface area (Å²) in [6, 6.07) is 7.00. The smallest absolute Gasteiger partial charge is 0.228 e. The maximum absolute atomic E-state index is 13.3. The van der Waals surface area contributed by atoms with E-state index < -0.39 is 5.54 Å². The van der Waals surface area contributed by atoms with Crippen LogP contribution >= 0.6 is 0 Å². The molecule has 1 heterocycles. The summed E-state index contributed by atoms with van der Waals surface area (Å²) in [7, 11) is 1.66. The van der Waals surface area contributed by atoms with Crippen molar-refractivity contribution in [2.24, 2.45) is 0 Å². The number of carbonyl (C=O) groups excluding carboxylic acids is 1. The predicted octanol–water partition coefficient (Wildman–Crippen LogP) is 3.06. The van der Waals surface area contributed by atoms with Gasteiger partial charge in [-0.15, -0.1) is 0 Å². The van der Waals surface area contributed by atoms with Crippen molar-refractivity contribution < 1.29 is 9.63 Å². The molecule has 2 aliphatic rings. The number of rotatable bonds is 5. The van der Waals surface area contributed by atoms with Crippen molar-refractivity contribution in [1.29, 1.82) is 5.26 Å². The number of hydroxylamine groups is 2. The number of carbonyl (C=O) groups is 1. The number of piperidine rings is 1. The van der Waals surface area contributed by atoms with Gasteiger partial charge in [0.2, 0.25) is 5.91 Å². The highest BCUT2D eigenvalue weighted by Gasteiger charge is 2.49. The van der Waals surface area contributed by atoms with Crippen LogP contribution in [0.25, 0.3) is 0 Å². The normalized spacial score (nSPS) is 19.8. The molecule has 1 aromatic rings. The minimum Gasteiger partial charge on any atom is -0.321 e. The van der Waals surface area contributed by atoms with Crippen LogP contribution in [0.2, 0.25) is 0 Å². The maximum Gasteiger partial charge on any atom is 0.228 e. The van der Waals surface area contributed by atoms with Crippen molar-refractivity contribution in [3.05, 3.63) is 34.4 Å². The van der Waals surface area contributed by atoms with E-state index in [9.17, 15) is 10.1 Å². The van der Waals surface area contributed by atoms with E-state index in [4.69, 9.17) is 4.84 Å². The minimum absolute atomic E-state index is 0.0926. The number of hydrogen-bond acceptors (Lipinski definition) is 4. The Hall–Kier alpha value is -1.90. The summed E-state index contributed by atoms with van der Waals surface area (Å²) in [5, 5.41) is 11.9. The van der Waals surface area contributed by atoms with Crippen LogP contribution in [0.1, 0.15) is 47.9 Å². The van der Waals surface area contributed by atoms with Crippen LogP contribution < -0.4 is 0 Å². The molecule has 2 fully saturated rings. The summed E-state index contributed by atoms with van der Waals surface area (Å²) >= 11 is 0. The SMILES string of the molecule is CON1CCC(C#N)(N(C(=O)Cc2c(C)cc(C)cc2C)C2CC2)CC1. The molecule has 1 saturated heterocycles. The molecule has 26 heavy (non-hydrogen) atoms. The van der Waals surface area contributed by atoms with Gasteiger partial charge in [0.05, 0.1) is 19.6 Å². The molecule has 0 aromatic heterocycles. The van der Waals surface area contributed by atoms with E-state index in [1.54, 1.807) is 7.11 Å². The van der Waals surface area contributed by atoms with Crippen molar-refractivity contribution in [2.45, 2.75) is 64.5 Å². The van der Waals surface area contributed by atoms with Gasteiger partial charge in [0.25, 0.3) is 0 Å². The molecule has 0 unspecified atom stereocenters. The second-order valence-corrected chi connectivity index (χ2v) is 7.80. The van der Waals surface area contributed by atoms with Gasteiger partial charge in [-0.3, -0.25) is 4.79 Å². The third-order valence-electron chi connectivity index (χ3n) is 5.83. The summed E-state index contributed by atoms with van der Waals surface area (Å²) < 4.78 is 0. The lowest BCUT2D eigenvalue weighted by molar-refractivity contribution is -0.163. The molecule has 1 aliphatic heterocycles. The number of nitrogens with zero attached hydrogens (tertiary/aromatic N) is 3. The van der Waals surface area contributed by atoms with Gasteiger partial charge >= 0.3 is 0 Å². The standard InChI is InChI=1S/C21H29N3O2/c1-15-11-16(2)19(17(3)12-15)13-20(25)24(18-5-6-18)21(14-22)7-9-23(26-4)10-8-21/h11-12,18H,5-10,13H2,1-4H3. The Morgan fingerprint density at radius 3 is 2.31 bits per heavy atom. The lowest BCUT2D eigenvalue weighted by Gasteiger charge is -2.44. The molecule has 1 saturated carbocycles. The average Bonchev–Trinajstić information content (AvgIpc) is 3.43. The summed E-state index contributed by atoms with van der Waals surface area (Å²) in [6.45, 7) is 7.59. The van der Waals surface area contributed by atoms with Crippen LogP contribution in [0.15, 0.2) is 12.1 Å². The second kappa shape index (κ2) is 7.38. The summed E-state index contributed by atoms with van der Waals surface area (Å²) in [4.78, 5) is 20.6. The van der Waals surface area contributed by atoms with Gasteiger partial charge in [0.15, 0.2) is 0 Å². The van der Waals surface area contributed by atoms with Crippen LogP contribution in [0.5, 0.6) is 0 Å². The Kier molecular flexibility index (Phi) is 5.36. The van der Waals surface area contributed by atoms with Crippen molar-refractivity contribution in [3.63, 3.8) is 0 Å². The summed E-state index contributed by atoms with van der Waals surface area (Å²) in [6.07, 6.45) is 3.69. The van der Waals surface area contributed by atoms with E-state index in [0.29, 0.717) is 32.4 Å². The molecule has 0 radical (unpaired) electrons. The van der Waals surface area contributed by atoms with Crippen molar-refractivity contribution in [3.8, 4) is 6.07 Å². The topological polar surface area (TPSA) is 56.6 Å². The van der Waals surface area contributed by atoms with Crippen LogP contribution in [0.4, 0.5) is 0 Å². The molecule has 1 aromatic carbocycles. The van der Waals surface area contributed by atoms with Crippen LogP contribution in [0, 0.1) is 32.1 Å². The average molecular weight is 355 g/mol. The molecule has 0 spiro atoms. The Morgan fingerprint density at radius 1 is 1.27 bits per heavy atom. The third kappa shape index (κ3) is 3.62. The first-order valence-corrected chi connectivity index (χ1v) is 9.49. The zero-order valence-corrected chi connectivity index (χ0v) is 16.3. The van der Waals surface area contributed by atoms with Crippen molar-refractivity contribution in [1.82, 2.24) is 9.96 Å². The minimum atomic E-state index is -0.695. The van der Waals surface area contributed by atoms with Crippen molar-refractivity contribution >= 4 is 5.91 Å². The Balaban J connectivity index is 1.84. The fourth-order valence-electron chi connectivity index (χ4n) is 4.29. The number of benzene rings is 1. The first-order valence-electron chi connectivity index (χ1n) is 9.49. The quantitative estimate of drug-likeness (QED) is 0.814. The Labute approximate surface area is 156 Å². The van der Waals surface area contributed by atoms with Gasteiger partial charge in [0, 0.05) is 19.1 Å². The Bertz CT molecular complexity index is 702. The number of hydrogen-bond donors (Lipinski definition) is 0. The molecule has 0 bridgehead atoms. The number of aryl methyl sites for hydroxylation is 3. The van der Waals surface area contributed by atoms with Crippen molar-refractivity contribution in [2.75, 3.05) is 20.2 Å². The first kappa shape index (κ1) is 18.9. The van der Waals surface area contributed by atoms with E-state index in [0.717, 1.165) is 29.5 Å². The van der Waals surface area contributed by atoms with E-state index in [2.05, 4.69) is 39.0 Å². The molecular formula is C21H29N3O2. The summed E-state index contributed by atoms with van der Waals surface area (Å²) in [5.41, 5.74) is 3.95. The zero-order chi connectivity index (χ0) is 18.9. The molecule has 3 rings (SSSR count). The molecule has 5 nitrogen and oxygen atoms in total. The van der Waals surface area contributed by atoms with Crippen LogP contribution in [-0.2, 0) is 16.1 Å². The molecule has 140 valence electrons.